The highest BCUT2D eigenvalue weighted by molar-refractivity contribution is 7.18. The summed E-state index contributed by atoms with van der Waals surface area (Å²) in [6, 6.07) is 7.97. The van der Waals surface area contributed by atoms with Crippen LogP contribution in [0.25, 0.3) is 15.9 Å². The summed E-state index contributed by atoms with van der Waals surface area (Å²) in [6.07, 6.45) is 1.58. The molecule has 0 bridgehead atoms. The Morgan fingerprint density at radius 2 is 1.97 bits per heavy atom. The van der Waals surface area contributed by atoms with Gasteiger partial charge in [0.25, 0.3) is 0 Å². The van der Waals surface area contributed by atoms with Gasteiger partial charge in [-0.1, -0.05) is 6.07 Å². The third-order valence-corrected chi connectivity index (χ3v) is 6.31. The quantitative estimate of drug-likeness (QED) is 0.488. The van der Waals surface area contributed by atoms with Crippen LogP contribution in [-0.4, -0.2) is 43.3 Å². The van der Waals surface area contributed by atoms with Crippen molar-refractivity contribution in [3.8, 4) is 5.69 Å². The van der Waals surface area contributed by atoms with E-state index in [-0.39, 0.29) is 0 Å². The van der Waals surface area contributed by atoms with Gasteiger partial charge in [-0.05, 0) is 61.9 Å². The molecule has 1 aromatic carbocycles. The van der Waals surface area contributed by atoms with Crippen molar-refractivity contribution >= 4 is 33.1 Å². The van der Waals surface area contributed by atoms with Crippen molar-refractivity contribution < 1.29 is 4.90 Å². The van der Waals surface area contributed by atoms with Crippen LogP contribution < -0.4 is 10.2 Å². The lowest BCUT2D eigenvalue weighted by Crippen LogP contribution is -3.10. The molecule has 0 aliphatic rings. The van der Waals surface area contributed by atoms with Crippen molar-refractivity contribution in [1.29, 1.82) is 0 Å². The van der Waals surface area contributed by atoms with Gasteiger partial charge in [-0.3, -0.25) is 0 Å². The molecule has 0 saturated heterocycles. The molecule has 8 nitrogen and oxygen atoms in total. The monoisotopic (exact) mass is 409 g/mol. The SMILES string of the molecule is CC[NH+](CC)Cc1nc(Nc2cccc(-n3cnnn3)c2)c2c(C)c(C)sc2n1. The number of aromatic nitrogens is 6. The third kappa shape index (κ3) is 3.96. The Bertz CT molecular complexity index is 1120. The molecule has 0 amide bonds. The molecule has 29 heavy (non-hydrogen) atoms. The van der Waals surface area contributed by atoms with Gasteiger partial charge in [0.15, 0.2) is 5.82 Å². The number of nitrogens with one attached hydrogen (secondary N) is 2. The van der Waals surface area contributed by atoms with Gasteiger partial charge in [0.2, 0.25) is 0 Å². The number of tetrazole rings is 1. The Morgan fingerprint density at radius 3 is 2.69 bits per heavy atom. The van der Waals surface area contributed by atoms with E-state index < -0.39 is 0 Å². The van der Waals surface area contributed by atoms with Crippen LogP contribution in [-0.2, 0) is 6.54 Å². The predicted molar refractivity (Wildman–Crippen MR) is 115 cm³/mol. The normalized spacial score (nSPS) is 11.5. The minimum absolute atomic E-state index is 0.818. The summed E-state index contributed by atoms with van der Waals surface area (Å²) >= 11 is 1.73. The molecule has 0 saturated carbocycles. The first kappa shape index (κ1) is 19.4. The first-order valence-corrected chi connectivity index (χ1v) is 10.6. The molecular weight excluding hydrogens is 384 g/mol. The average Bonchev–Trinajstić information content (AvgIpc) is 3.35. The smallest absolute Gasteiger partial charge is 0.187 e. The number of quaternary nitrogens is 1. The second kappa shape index (κ2) is 8.22. The van der Waals surface area contributed by atoms with E-state index in [1.165, 1.54) is 15.3 Å². The fourth-order valence-electron chi connectivity index (χ4n) is 3.33. The number of hydrogen-bond donors (Lipinski definition) is 2. The van der Waals surface area contributed by atoms with Crippen LogP contribution in [0.1, 0.15) is 30.1 Å². The van der Waals surface area contributed by atoms with Gasteiger partial charge in [-0.15, -0.1) is 16.4 Å². The molecular formula is C20H25N8S+. The number of thiophene rings is 1. The molecule has 0 radical (unpaired) electrons. The molecule has 4 aromatic rings. The van der Waals surface area contributed by atoms with Crippen molar-refractivity contribution in [2.45, 2.75) is 34.2 Å². The number of benzene rings is 1. The van der Waals surface area contributed by atoms with Crippen molar-refractivity contribution in [3.63, 3.8) is 0 Å². The van der Waals surface area contributed by atoms with Crippen molar-refractivity contribution in [2.75, 3.05) is 18.4 Å². The Hall–Kier alpha value is -2.91. The summed E-state index contributed by atoms with van der Waals surface area (Å²) in [4.78, 5) is 13.6. The third-order valence-electron chi connectivity index (χ3n) is 5.21. The van der Waals surface area contributed by atoms with E-state index in [0.29, 0.717) is 0 Å². The molecule has 9 heteroatoms. The summed E-state index contributed by atoms with van der Waals surface area (Å²) < 4.78 is 1.63. The zero-order valence-corrected chi connectivity index (χ0v) is 17.9. The van der Waals surface area contributed by atoms with E-state index >= 15 is 0 Å². The lowest BCUT2D eigenvalue weighted by Gasteiger charge is -2.15. The van der Waals surface area contributed by atoms with Gasteiger partial charge in [0.05, 0.1) is 24.2 Å². The van der Waals surface area contributed by atoms with Crippen molar-refractivity contribution in [1.82, 2.24) is 30.2 Å². The molecule has 0 unspecified atom stereocenters. The molecule has 150 valence electrons. The summed E-state index contributed by atoms with van der Waals surface area (Å²) in [7, 11) is 0. The molecule has 0 aliphatic carbocycles. The topological polar surface area (TPSA) is 85.9 Å². The van der Waals surface area contributed by atoms with Gasteiger partial charge >= 0.3 is 0 Å². The summed E-state index contributed by atoms with van der Waals surface area (Å²) in [5.74, 6) is 1.73. The molecule has 0 aliphatic heterocycles. The number of aryl methyl sites for hydroxylation is 2. The molecule has 2 N–H and O–H groups in total. The van der Waals surface area contributed by atoms with Gasteiger partial charge in [-0.25, -0.2) is 14.6 Å². The second-order valence-electron chi connectivity index (χ2n) is 7.02. The maximum absolute atomic E-state index is 4.91. The number of fused-ring (bicyclic) bond motifs is 1. The fourth-order valence-corrected chi connectivity index (χ4v) is 4.38. The minimum Gasteiger partial charge on any atom is -0.340 e. The lowest BCUT2D eigenvalue weighted by molar-refractivity contribution is -0.910. The maximum atomic E-state index is 4.91. The van der Waals surface area contributed by atoms with Crippen LogP contribution >= 0.6 is 11.3 Å². The Labute approximate surface area is 173 Å². The molecule has 3 heterocycles. The molecule has 0 fully saturated rings. The van der Waals surface area contributed by atoms with Crippen LogP contribution in [0, 0.1) is 13.8 Å². The highest BCUT2D eigenvalue weighted by atomic mass is 32.1. The largest absolute Gasteiger partial charge is 0.340 e. The van der Waals surface area contributed by atoms with Crippen LogP contribution in [0.3, 0.4) is 0 Å². The first-order valence-electron chi connectivity index (χ1n) is 9.79. The number of rotatable bonds is 7. The predicted octanol–water partition coefficient (Wildman–Crippen LogP) is 2.45. The lowest BCUT2D eigenvalue weighted by atomic mass is 10.2. The van der Waals surface area contributed by atoms with E-state index in [4.69, 9.17) is 9.97 Å². The van der Waals surface area contributed by atoms with E-state index in [2.05, 4.69) is 48.5 Å². The average molecular weight is 410 g/mol. The standard InChI is InChI=1S/C20H24N8S/c1-5-27(6-2)11-17-23-19(18-13(3)14(4)29-20(18)24-17)22-15-8-7-9-16(10-15)28-12-21-25-26-28/h7-10,12H,5-6,11H2,1-4H3,(H,22,23,24)/p+1. The second-order valence-corrected chi connectivity index (χ2v) is 8.22. The van der Waals surface area contributed by atoms with E-state index in [0.717, 1.165) is 52.9 Å². The van der Waals surface area contributed by atoms with Crippen LogP contribution in [0.4, 0.5) is 11.5 Å². The number of nitrogens with zero attached hydrogens (tertiary/aromatic N) is 6. The van der Waals surface area contributed by atoms with Crippen LogP contribution in [0.15, 0.2) is 30.6 Å². The van der Waals surface area contributed by atoms with Gasteiger partial charge in [0.1, 0.15) is 23.5 Å². The number of hydrogen-bond acceptors (Lipinski definition) is 7. The minimum atomic E-state index is 0.818. The summed E-state index contributed by atoms with van der Waals surface area (Å²) in [5, 5.41) is 16.0. The summed E-state index contributed by atoms with van der Waals surface area (Å²) in [5.41, 5.74) is 3.05. The first-order chi connectivity index (χ1) is 14.1. The highest BCUT2D eigenvalue weighted by Crippen LogP contribution is 2.34. The molecule has 3 aromatic heterocycles. The zero-order chi connectivity index (χ0) is 20.4. The highest BCUT2D eigenvalue weighted by Gasteiger charge is 2.17. The Morgan fingerprint density at radius 1 is 1.14 bits per heavy atom. The van der Waals surface area contributed by atoms with Crippen molar-refractivity contribution in [3.05, 3.63) is 46.9 Å². The van der Waals surface area contributed by atoms with E-state index in [1.54, 1.807) is 22.3 Å². The van der Waals surface area contributed by atoms with Gasteiger partial charge in [0, 0.05) is 10.6 Å². The fraction of sp³-hybridized carbons (Fsp3) is 0.350. The molecule has 0 atom stereocenters. The Balaban J connectivity index is 1.75. The molecule has 0 spiro atoms. The van der Waals surface area contributed by atoms with E-state index in [9.17, 15) is 0 Å². The molecule has 4 rings (SSSR count). The zero-order valence-electron chi connectivity index (χ0n) is 17.1. The van der Waals surface area contributed by atoms with Crippen LogP contribution in [0.2, 0.25) is 0 Å². The Kier molecular flexibility index (Phi) is 5.50. The van der Waals surface area contributed by atoms with Crippen molar-refractivity contribution in [2.24, 2.45) is 0 Å². The summed E-state index contributed by atoms with van der Waals surface area (Å²) in [6.45, 7) is 11.6. The van der Waals surface area contributed by atoms with Gasteiger partial charge in [-0.2, -0.15) is 0 Å². The number of anilines is 2. The van der Waals surface area contributed by atoms with E-state index in [1.807, 2.05) is 24.3 Å². The van der Waals surface area contributed by atoms with Crippen LogP contribution in [0.5, 0.6) is 0 Å². The maximum Gasteiger partial charge on any atom is 0.187 e. The van der Waals surface area contributed by atoms with Gasteiger partial charge < -0.3 is 10.2 Å².